The number of nitrogens with one attached hydrogen (secondary N) is 1. The first-order chi connectivity index (χ1) is 6.61. The molecule has 0 saturated carbocycles. The van der Waals surface area contributed by atoms with E-state index in [9.17, 15) is 9.59 Å². The molecule has 0 aliphatic rings. The number of H-pyrrole nitrogens is 1. The number of aromatic amines is 1. The highest BCUT2D eigenvalue weighted by atomic mass is 16.1. The third kappa shape index (κ3) is 1.06. The zero-order chi connectivity index (χ0) is 10.3. The number of hydrogen-bond donors (Lipinski definition) is 1. The van der Waals surface area contributed by atoms with Crippen molar-refractivity contribution in [3.8, 4) is 0 Å². The molecule has 0 aliphatic carbocycles. The summed E-state index contributed by atoms with van der Waals surface area (Å²) >= 11 is 0. The van der Waals surface area contributed by atoms with E-state index in [0.717, 1.165) is 0 Å². The van der Waals surface area contributed by atoms with Crippen LogP contribution in [0.4, 0.5) is 0 Å². The van der Waals surface area contributed by atoms with Crippen molar-refractivity contribution >= 4 is 16.8 Å². The van der Waals surface area contributed by atoms with E-state index >= 15 is 0 Å². The van der Waals surface area contributed by atoms with Gasteiger partial charge in [0.2, 0.25) is 5.43 Å². The molecule has 5 nitrogen and oxygen atoms in total. The van der Waals surface area contributed by atoms with Crippen molar-refractivity contribution in [2.75, 3.05) is 0 Å². The molecular weight excluding hydrogens is 182 g/mol. The van der Waals surface area contributed by atoms with Gasteiger partial charge in [-0.2, -0.15) is 5.10 Å². The summed E-state index contributed by atoms with van der Waals surface area (Å²) < 4.78 is 1.56. The van der Waals surface area contributed by atoms with Crippen molar-refractivity contribution in [1.82, 2.24) is 14.8 Å². The topological polar surface area (TPSA) is 67.8 Å². The summed E-state index contributed by atoms with van der Waals surface area (Å²) in [4.78, 5) is 25.6. The standard InChI is InChI=1S/C9H9N3O2/c1-5(13)6-3-10-9-7(8(6)14)4-11-12(9)2/h3-4H,1-2H3,(H,10,14). The minimum Gasteiger partial charge on any atom is -0.345 e. The Morgan fingerprint density at radius 2 is 2.29 bits per heavy atom. The van der Waals surface area contributed by atoms with E-state index in [1.54, 1.807) is 11.7 Å². The van der Waals surface area contributed by atoms with Crippen molar-refractivity contribution in [2.24, 2.45) is 7.05 Å². The minimum atomic E-state index is -0.264. The Hall–Kier alpha value is -1.91. The second-order valence-electron chi connectivity index (χ2n) is 3.12. The van der Waals surface area contributed by atoms with Crippen molar-refractivity contribution in [1.29, 1.82) is 0 Å². The fourth-order valence-electron chi connectivity index (χ4n) is 1.39. The Morgan fingerprint density at radius 1 is 1.57 bits per heavy atom. The molecule has 1 N–H and O–H groups in total. The Morgan fingerprint density at radius 3 is 2.93 bits per heavy atom. The van der Waals surface area contributed by atoms with Crippen molar-refractivity contribution in [3.63, 3.8) is 0 Å². The lowest BCUT2D eigenvalue weighted by Crippen LogP contribution is -2.13. The number of hydrogen-bond acceptors (Lipinski definition) is 3. The van der Waals surface area contributed by atoms with E-state index in [0.29, 0.717) is 11.0 Å². The summed E-state index contributed by atoms with van der Waals surface area (Å²) in [6, 6.07) is 0. The van der Waals surface area contributed by atoms with E-state index in [4.69, 9.17) is 0 Å². The maximum Gasteiger partial charge on any atom is 0.203 e. The second kappa shape index (κ2) is 2.80. The lowest BCUT2D eigenvalue weighted by Gasteiger charge is -1.96. The third-order valence-electron chi connectivity index (χ3n) is 2.16. The van der Waals surface area contributed by atoms with E-state index in [2.05, 4.69) is 10.1 Å². The van der Waals surface area contributed by atoms with Crippen LogP contribution in [-0.2, 0) is 7.05 Å². The predicted molar refractivity (Wildman–Crippen MR) is 51.3 cm³/mol. The summed E-state index contributed by atoms with van der Waals surface area (Å²) in [5, 5.41) is 4.38. The van der Waals surface area contributed by atoms with Gasteiger partial charge in [0.05, 0.1) is 17.1 Å². The van der Waals surface area contributed by atoms with Crippen molar-refractivity contribution in [2.45, 2.75) is 6.92 Å². The van der Waals surface area contributed by atoms with E-state index in [1.807, 2.05) is 0 Å². The number of pyridine rings is 1. The summed E-state index contributed by atoms with van der Waals surface area (Å²) in [5.74, 6) is -0.239. The van der Waals surface area contributed by atoms with Crippen LogP contribution in [0.3, 0.4) is 0 Å². The van der Waals surface area contributed by atoms with Crippen LogP contribution in [0.15, 0.2) is 17.2 Å². The number of carbonyl (C=O) groups is 1. The number of aryl methyl sites for hydroxylation is 1. The van der Waals surface area contributed by atoms with E-state index in [1.165, 1.54) is 19.3 Å². The zero-order valence-corrected chi connectivity index (χ0v) is 7.87. The predicted octanol–water partition coefficient (Wildman–Crippen LogP) is 0.464. The van der Waals surface area contributed by atoms with Gasteiger partial charge in [0.25, 0.3) is 0 Å². The normalized spacial score (nSPS) is 10.7. The smallest absolute Gasteiger partial charge is 0.203 e. The molecule has 0 unspecified atom stereocenters. The first kappa shape index (κ1) is 8.68. The van der Waals surface area contributed by atoms with Gasteiger partial charge in [0, 0.05) is 13.2 Å². The van der Waals surface area contributed by atoms with Crippen LogP contribution in [0, 0.1) is 0 Å². The lowest BCUT2D eigenvalue weighted by atomic mass is 10.2. The third-order valence-corrected chi connectivity index (χ3v) is 2.16. The molecule has 0 atom stereocenters. The van der Waals surface area contributed by atoms with Gasteiger partial charge in [-0.05, 0) is 6.92 Å². The molecule has 5 heteroatoms. The minimum absolute atomic E-state index is 0.172. The van der Waals surface area contributed by atoms with Gasteiger partial charge in [-0.3, -0.25) is 14.3 Å². The Kier molecular flexibility index (Phi) is 1.73. The number of nitrogens with zero attached hydrogens (tertiary/aromatic N) is 2. The first-order valence-corrected chi connectivity index (χ1v) is 4.15. The van der Waals surface area contributed by atoms with Gasteiger partial charge in [-0.1, -0.05) is 0 Å². The van der Waals surface area contributed by atoms with Gasteiger partial charge < -0.3 is 4.98 Å². The molecule has 0 spiro atoms. The van der Waals surface area contributed by atoms with Crippen molar-refractivity contribution < 1.29 is 4.79 Å². The highest BCUT2D eigenvalue weighted by Gasteiger charge is 2.10. The number of carbonyl (C=O) groups excluding carboxylic acids is 1. The summed E-state index contributed by atoms with van der Waals surface area (Å²) in [5.41, 5.74) is 0.532. The highest BCUT2D eigenvalue weighted by Crippen LogP contribution is 2.05. The molecule has 0 saturated heterocycles. The van der Waals surface area contributed by atoms with Crippen LogP contribution in [0.5, 0.6) is 0 Å². The Labute approximate surface area is 79.4 Å². The molecule has 0 bridgehead atoms. The van der Waals surface area contributed by atoms with Crippen LogP contribution in [0.1, 0.15) is 17.3 Å². The van der Waals surface area contributed by atoms with E-state index < -0.39 is 0 Å². The maximum absolute atomic E-state index is 11.7. The molecule has 2 rings (SSSR count). The molecule has 0 fully saturated rings. The average Bonchev–Trinajstić information content (AvgIpc) is 2.49. The fourth-order valence-corrected chi connectivity index (χ4v) is 1.39. The summed E-state index contributed by atoms with van der Waals surface area (Å²) in [6.45, 7) is 1.37. The SMILES string of the molecule is CC(=O)c1c[nH]c2c(cnn2C)c1=O. The molecular formula is C9H9N3O2. The molecule has 0 amide bonds. The van der Waals surface area contributed by atoms with Crippen LogP contribution >= 0.6 is 0 Å². The first-order valence-electron chi connectivity index (χ1n) is 4.15. The molecule has 2 aromatic heterocycles. The highest BCUT2D eigenvalue weighted by molar-refractivity contribution is 5.96. The molecule has 0 radical (unpaired) electrons. The molecule has 0 aromatic carbocycles. The van der Waals surface area contributed by atoms with Crippen LogP contribution in [0.2, 0.25) is 0 Å². The fraction of sp³-hybridized carbons (Fsp3) is 0.222. The average molecular weight is 191 g/mol. The van der Waals surface area contributed by atoms with Crippen LogP contribution < -0.4 is 5.43 Å². The zero-order valence-electron chi connectivity index (χ0n) is 7.87. The largest absolute Gasteiger partial charge is 0.345 e. The molecule has 72 valence electrons. The van der Waals surface area contributed by atoms with Crippen LogP contribution in [0.25, 0.3) is 11.0 Å². The monoisotopic (exact) mass is 191 g/mol. The van der Waals surface area contributed by atoms with E-state index in [-0.39, 0.29) is 16.8 Å². The number of fused-ring (bicyclic) bond motifs is 1. The molecule has 0 aliphatic heterocycles. The lowest BCUT2D eigenvalue weighted by molar-refractivity contribution is 0.101. The summed E-state index contributed by atoms with van der Waals surface area (Å²) in [6.07, 6.45) is 2.88. The second-order valence-corrected chi connectivity index (χ2v) is 3.12. The Bertz CT molecular complexity index is 565. The number of Topliss-reactive ketones (excluding diaryl/α,β-unsaturated/α-hetero) is 1. The molecule has 2 heterocycles. The number of ketones is 1. The van der Waals surface area contributed by atoms with Gasteiger partial charge >= 0.3 is 0 Å². The van der Waals surface area contributed by atoms with Crippen molar-refractivity contribution in [3.05, 3.63) is 28.2 Å². The van der Waals surface area contributed by atoms with Crippen LogP contribution in [-0.4, -0.2) is 20.5 Å². The summed E-state index contributed by atoms with van der Waals surface area (Å²) in [7, 11) is 1.73. The quantitative estimate of drug-likeness (QED) is 0.666. The van der Waals surface area contributed by atoms with Gasteiger partial charge in [0.15, 0.2) is 5.78 Å². The molecule has 14 heavy (non-hydrogen) atoms. The van der Waals surface area contributed by atoms with Gasteiger partial charge in [-0.15, -0.1) is 0 Å². The molecule has 2 aromatic rings. The maximum atomic E-state index is 11.7. The van der Waals surface area contributed by atoms with Gasteiger partial charge in [0.1, 0.15) is 5.65 Å². The van der Waals surface area contributed by atoms with Gasteiger partial charge in [-0.25, -0.2) is 0 Å². The number of aromatic nitrogens is 3. The Balaban J connectivity index is 2.90. The number of rotatable bonds is 1.